The molecule has 2 amide bonds. The van der Waals surface area contributed by atoms with Crippen LogP contribution >= 0.6 is 23.2 Å². The summed E-state index contributed by atoms with van der Waals surface area (Å²) in [6.07, 6.45) is 0.474. The van der Waals surface area contributed by atoms with Gasteiger partial charge in [0.2, 0.25) is 5.91 Å². The fraction of sp³-hybridized carbons (Fsp3) is 0.417. The van der Waals surface area contributed by atoms with Crippen LogP contribution in [-0.2, 0) is 16.1 Å². The monoisotopic (exact) mass is 464 g/mol. The van der Waals surface area contributed by atoms with E-state index in [1.807, 2.05) is 45.9 Å². The van der Waals surface area contributed by atoms with Gasteiger partial charge in [-0.3, -0.25) is 9.59 Å². The van der Waals surface area contributed by atoms with Crippen molar-refractivity contribution in [3.8, 4) is 5.75 Å². The van der Waals surface area contributed by atoms with Crippen molar-refractivity contribution in [2.75, 3.05) is 13.2 Å². The first kappa shape index (κ1) is 25.0. The van der Waals surface area contributed by atoms with Gasteiger partial charge < -0.3 is 15.0 Å². The van der Waals surface area contributed by atoms with Crippen molar-refractivity contribution in [3.63, 3.8) is 0 Å². The molecule has 0 bridgehead atoms. The van der Waals surface area contributed by atoms with E-state index >= 15 is 0 Å². The van der Waals surface area contributed by atoms with Crippen LogP contribution in [-0.4, -0.2) is 35.9 Å². The molecule has 1 N–H and O–H groups in total. The van der Waals surface area contributed by atoms with Gasteiger partial charge in [0.15, 0.2) is 6.61 Å². The predicted molar refractivity (Wildman–Crippen MR) is 126 cm³/mol. The Labute approximate surface area is 194 Å². The summed E-state index contributed by atoms with van der Waals surface area (Å²) in [6.45, 7) is 8.49. The van der Waals surface area contributed by atoms with Crippen LogP contribution < -0.4 is 10.1 Å². The van der Waals surface area contributed by atoms with Gasteiger partial charge in [-0.2, -0.15) is 0 Å². The van der Waals surface area contributed by atoms with E-state index in [0.717, 1.165) is 11.1 Å². The average Bonchev–Trinajstić information content (AvgIpc) is 2.73. The summed E-state index contributed by atoms with van der Waals surface area (Å²) >= 11 is 12.2. The number of hydrogen-bond acceptors (Lipinski definition) is 3. The maximum Gasteiger partial charge on any atom is 0.261 e. The molecule has 0 aliphatic rings. The molecule has 168 valence electrons. The molecule has 0 spiro atoms. The maximum atomic E-state index is 13.2. The van der Waals surface area contributed by atoms with Gasteiger partial charge in [-0.25, -0.2) is 0 Å². The molecule has 1 unspecified atom stereocenters. The fourth-order valence-electron chi connectivity index (χ4n) is 3.11. The van der Waals surface area contributed by atoms with Gasteiger partial charge in [-0.05, 0) is 54.7 Å². The Morgan fingerprint density at radius 1 is 1.10 bits per heavy atom. The smallest absolute Gasteiger partial charge is 0.261 e. The van der Waals surface area contributed by atoms with Crippen LogP contribution in [0.2, 0.25) is 10.0 Å². The van der Waals surface area contributed by atoms with Crippen molar-refractivity contribution in [1.29, 1.82) is 0 Å². The van der Waals surface area contributed by atoms with Crippen LogP contribution in [0.1, 0.15) is 38.3 Å². The number of nitrogens with zero attached hydrogens (tertiary/aromatic N) is 1. The second-order valence-corrected chi connectivity index (χ2v) is 8.75. The highest BCUT2D eigenvalue weighted by Gasteiger charge is 2.29. The zero-order valence-corrected chi connectivity index (χ0v) is 20.0. The minimum absolute atomic E-state index is 0.168. The summed E-state index contributed by atoms with van der Waals surface area (Å²) in [5, 5.41) is 3.78. The summed E-state index contributed by atoms with van der Waals surface area (Å²) in [5.41, 5.74) is 1.82. The molecule has 0 aromatic heterocycles. The zero-order chi connectivity index (χ0) is 23.0. The van der Waals surface area contributed by atoms with E-state index < -0.39 is 6.04 Å². The number of carbonyl (C=O) groups excluding carboxylic acids is 2. The van der Waals surface area contributed by atoms with Crippen LogP contribution in [0.15, 0.2) is 42.5 Å². The first-order valence-electron chi connectivity index (χ1n) is 10.4. The first-order valence-corrected chi connectivity index (χ1v) is 11.2. The van der Waals surface area contributed by atoms with Gasteiger partial charge in [0.1, 0.15) is 11.8 Å². The lowest BCUT2D eigenvalue weighted by Gasteiger charge is -2.31. The van der Waals surface area contributed by atoms with E-state index in [1.54, 1.807) is 29.2 Å². The average molecular weight is 465 g/mol. The minimum atomic E-state index is -0.623. The van der Waals surface area contributed by atoms with E-state index in [0.29, 0.717) is 34.7 Å². The van der Waals surface area contributed by atoms with Crippen LogP contribution in [0.3, 0.4) is 0 Å². The number of aryl methyl sites for hydroxylation is 1. The number of nitrogens with one attached hydrogen (secondary N) is 1. The largest absolute Gasteiger partial charge is 0.484 e. The van der Waals surface area contributed by atoms with E-state index in [4.69, 9.17) is 27.9 Å². The molecule has 5 nitrogen and oxygen atoms in total. The van der Waals surface area contributed by atoms with Crippen molar-refractivity contribution in [3.05, 3.63) is 63.6 Å². The molecule has 0 radical (unpaired) electrons. The van der Waals surface area contributed by atoms with Gasteiger partial charge >= 0.3 is 0 Å². The number of hydrogen-bond donors (Lipinski definition) is 1. The number of ether oxygens (including phenoxy) is 1. The first-order chi connectivity index (χ1) is 14.7. The molecule has 0 fully saturated rings. The van der Waals surface area contributed by atoms with Crippen LogP contribution in [0.25, 0.3) is 0 Å². The normalized spacial score (nSPS) is 11.8. The third-order valence-electron chi connectivity index (χ3n) is 4.76. The van der Waals surface area contributed by atoms with Crippen molar-refractivity contribution in [2.45, 2.75) is 46.7 Å². The van der Waals surface area contributed by atoms with E-state index in [2.05, 4.69) is 5.32 Å². The SMILES string of the molecule is CCC(C(=O)NCC(C)C)N(Cc1ccc(Cl)c(Cl)c1)C(=O)COc1cccc(C)c1. The lowest BCUT2D eigenvalue weighted by molar-refractivity contribution is -0.143. The standard InChI is InChI=1S/C24H30Cl2N2O3/c1-5-22(24(30)27-13-16(2)3)28(14-18-9-10-20(25)21(26)12-18)23(29)15-31-19-8-6-7-17(4)11-19/h6-12,16,22H,5,13-15H2,1-4H3,(H,27,30). The van der Waals surface area contributed by atoms with Gasteiger partial charge in [0.25, 0.3) is 5.91 Å². The molecule has 0 aliphatic carbocycles. The zero-order valence-electron chi connectivity index (χ0n) is 18.5. The van der Waals surface area contributed by atoms with Crippen molar-refractivity contribution < 1.29 is 14.3 Å². The molecule has 0 aliphatic heterocycles. The van der Waals surface area contributed by atoms with E-state index in [-0.39, 0.29) is 25.0 Å². The van der Waals surface area contributed by atoms with Gasteiger partial charge in [0.05, 0.1) is 10.0 Å². The molecule has 31 heavy (non-hydrogen) atoms. The number of halogens is 2. The topological polar surface area (TPSA) is 58.6 Å². The van der Waals surface area contributed by atoms with Crippen LogP contribution in [0.4, 0.5) is 0 Å². The Balaban J connectivity index is 2.22. The summed E-state index contributed by atoms with van der Waals surface area (Å²) in [4.78, 5) is 27.6. The predicted octanol–water partition coefficient (Wildman–Crippen LogP) is 5.26. The molecule has 1 atom stereocenters. The van der Waals surface area contributed by atoms with Crippen LogP contribution in [0.5, 0.6) is 5.75 Å². The molecule has 0 saturated heterocycles. The third-order valence-corrected chi connectivity index (χ3v) is 5.50. The Bertz CT molecular complexity index is 902. The highest BCUT2D eigenvalue weighted by molar-refractivity contribution is 6.42. The van der Waals surface area contributed by atoms with E-state index in [1.165, 1.54) is 0 Å². The van der Waals surface area contributed by atoms with E-state index in [9.17, 15) is 9.59 Å². The van der Waals surface area contributed by atoms with Crippen molar-refractivity contribution in [1.82, 2.24) is 10.2 Å². The molecule has 2 aromatic rings. The number of carbonyl (C=O) groups is 2. The lowest BCUT2D eigenvalue weighted by Crippen LogP contribution is -2.50. The summed E-state index contributed by atoms with van der Waals surface area (Å²) in [5.74, 6) is 0.463. The molecule has 2 aromatic carbocycles. The number of rotatable bonds is 10. The Morgan fingerprint density at radius 3 is 2.45 bits per heavy atom. The van der Waals surface area contributed by atoms with Crippen molar-refractivity contribution in [2.24, 2.45) is 5.92 Å². The molecular weight excluding hydrogens is 435 g/mol. The summed E-state index contributed by atoms with van der Waals surface area (Å²) < 4.78 is 5.71. The second kappa shape index (κ2) is 12.0. The van der Waals surface area contributed by atoms with Crippen LogP contribution in [0, 0.1) is 12.8 Å². The summed E-state index contributed by atoms with van der Waals surface area (Å²) in [6, 6.07) is 12.1. The summed E-state index contributed by atoms with van der Waals surface area (Å²) in [7, 11) is 0. The Hall–Kier alpha value is -2.24. The Kier molecular flexibility index (Phi) is 9.66. The Morgan fingerprint density at radius 2 is 1.84 bits per heavy atom. The van der Waals surface area contributed by atoms with Gasteiger partial charge in [0, 0.05) is 13.1 Å². The maximum absolute atomic E-state index is 13.2. The fourth-order valence-corrected chi connectivity index (χ4v) is 3.43. The molecular formula is C24H30Cl2N2O3. The molecule has 0 saturated carbocycles. The van der Waals surface area contributed by atoms with Gasteiger partial charge in [-0.1, -0.05) is 62.2 Å². The number of amides is 2. The minimum Gasteiger partial charge on any atom is -0.484 e. The molecule has 0 heterocycles. The number of benzene rings is 2. The third kappa shape index (κ3) is 7.75. The second-order valence-electron chi connectivity index (χ2n) is 7.94. The highest BCUT2D eigenvalue weighted by atomic mass is 35.5. The van der Waals surface area contributed by atoms with Gasteiger partial charge in [-0.15, -0.1) is 0 Å². The lowest BCUT2D eigenvalue weighted by atomic mass is 10.1. The molecule has 7 heteroatoms. The van der Waals surface area contributed by atoms with Crippen molar-refractivity contribution >= 4 is 35.0 Å². The highest BCUT2D eigenvalue weighted by Crippen LogP contribution is 2.24. The quantitative estimate of drug-likeness (QED) is 0.521. The molecule has 2 rings (SSSR count).